The Balaban J connectivity index is 1.50. The molecule has 1 unspecified atom stereocenters. The van der Waals surface area contributed by atoms with E-state index in [0.29, 0.717) is 5.69 Å². The highest BCUT2D eigenvalue weighted by molar-refractivity contribution is 5.98. The molecule has 0 radical (unpaired) electrons. The Morgan fingerprint density at radius 2 is 1.82 bits per heavy atom. The van der Waals surface area contributed by atoms with Crippen LogP contribution in [0, 0.1) is 0 Å². The minimum Gasteiger partial charge on any atom is -0.351 e. The minimum absolute atomic E-state index is 0.106. The summed E-state index contributed by atoms with van der Waals surface area (Å²) >= 11 is 0. The number of H-pyrrole nitrogens is 1. The van der Waals surface area contributed by atoms with Crippen molar-refractivity contribution in [1.82, 2.24) is 9.88 Å². The van der Waals surface area contributed by atoms with Gasteiger partial charge in [0.15, 0.2) is 6.30 Å². The molecule has 1 N–H and O–H groups in total. The van der Waals surface area contributed by atoms with Crippen molar-refractivity contribution in [3.05, 3.63) is 65.9 Å². The molecule has 146 valence electrons. The number of nitrogens with one attached hydrogen (secondary N) is 1. The van der Waals surface area contributed by atoms with Crippen LogP contribution >= 0.6 is 0 Å². The summed E-state index contributed by atoms with van der Waals surface area (Å²) < 4.78 is 53.5. The van der Waals surface area contributed by atoms with E-state index in [4.69, 9.17) is 0 Å². The van der Waals surface area contributed by atoms with Crippen molar-refractivity contribution in [2.75, 3.05) is 24.5 Å². The number of hydrogen-bond acceptors (Lipinski definition) is 2. The number of benzene rings is 2. The standard InChI is InChI=1S/C20H17F4N3O/c21-18-12-26(19(28)17-10-13-4-1-2-7-16(13)25-17)8-9-27(18)15-6-3-5-14(11-15)20(22,23)24/h1-7,10-11,18,25H,8-9,12H2. The first-order chi connectivity index (χ1) is 13.3. The van der Waals surface area contributed by atoms with Crippen LogP contribution in [0.2, 0.25) is 0 Å². The van der Waals surface area contributed by atoms with Crippen molar-refractivity contribution < 1.29 is 22.4 Å². The molecule has 0 spiro atoms. The third-order valence-corrected chi connectivity index (χ3v) is 4.87. The Morgan fingerprint density at radius 3 is 2.54 bits per heavy atom. The molecule has 2 heterocycles. The van der Waals surface area contributed by atoms with Crippen LogP contribution in [0.4, 0.5) is 23.2 Å². The Morgan fingerprint density at radius 1 is 1.04 bits per heavy atom. The predicted octanol–water partition coefficient (Wildman–Crippen LogP) is 4.44. The highest BCUT2D eigenvalue weighted by atomic mass is 19.4. The molecule has 1 atom stereocenters. The predicted molar refractivity (Wildman–Crippen MR) is 97.9 cm³/mol. The molecule has 28 heavy (non-hydrogen) atoms. The topological polar surface area (TPSA) is 39.3 Å². The number of alkyl halides is 4. The molecule has 3 aromatic rings. The quantitative estimate of drug-likeness (QED) is 0.518. The highest BCUT2D eigenvalue weighted by Crippen LogP contribution is 2.33. The van der Waals surface area contributed by atoms with Gasteiger partial charge in [-0.1, -0.05) is 24.3 Å². The van der Waals surface area contributed by atoms with Gasteiger partial charge in [0.2, 0.25) is 0 Å². The number of nitrogens with zero attached hydrogens (tertiary/aromatic N) is 2. The Labute approximate surface area is 158 Å². The summed E-state index contributed by atoms with van der Waals surface area (Å²) in [5, 5.41) is 0.880. The monoisotopic (exact) mass is 391 g/mol. The minimum atomic E-state index is -4.49. The number of hydrogen-bond donors (Lipinski definition) is 1. The van der Waals surface area contributed by atoms with Gasteiger partial charge in [-0.2, -0.15) is 13.2 Å². The first-order valence-electron chi connectivity index (χ1n) is 8.78. The Hall–Kier alpha value is -3.03. The average Bonchev–Trinajstić information content (AvgIpc) is 3.11. The summed E-state index contributed by atoms with van der Waals surface area (Å²) in [6, 6.07) is 13.7. The van der Waals surface area contributed by atoms with Gasteiger partial charge in [0.05, 0.1) is 12.1 Å². The fraction of sp³-hybridized carbons (Fsp3) is 0.250. The summed E-state index contributed by atoms with van der Waals surface area (Å²) in [7, 11) is 0. The average molecular weight is 391 g/mol. The van der Waals surface area contributed by atoms with E-state index in [9.17, 15) is 22.4 Å². The third-order valence-electron chi connectivity index (χ3n) is 4.87. The largest absolute Gasteiger partial charge is 0.416 e. The zero-order chi connectivity index (χ0) is 19.9. The number of fused-ring (bicyclic) bond motifs is 1. The van der Waals surface area contributed by atoms with Gasteiger partial charge in [0.1, 0.15) is 5.69 Å². The molecule has 1 fully saturated rings. The van der Waals surface area contributed by atoms with E-state index in [2.05, 4.69) is 4.98 Å². The third kappa shape index (κ3) is 3.42. The van der Waals surface area contributed by atoms with Crippen LogP contribution in [0.25, 0.3) is 10.9 Å². The maximum Gasteiger partial charge on any atom is 0.416 e. The maximum atomic E-state index is 14.7. The van der Waals surface area contributed by atoms with Crippen LogP contribution in [0.15, 0.2) is 54.6 Å². The number of halogens is 4. The lowest BCUT2D eigenvalue weighted by molar-refractivity contribution is -0.137. The van der Waals surface area contributed by atoms with Crippen LogP contribution in [-0.4, -0.2) is 41.7 Å². The lowest BCUT2D eigenvalue weighted by atomic mass is 10.1. The lowest BCUT2D eigenvalue weighted by Gasteiger charge is -2.38. The fourth-order valence-electron chi connectivity index (χ4n) is 3.44. The first-order valence-corrected chi connectivity index (χ1v) is 8.78. The molecule has 1 saturated heterocycles. The number of rotatable bonds is 2. The van der Waals surface area contributed by atoms with E-state index in [1.807, 2.05) is 24.3 Å². The van der Waals surface area contributed by atoms with Crippen LogP contribution in [0.5, 0.6) is 0 Å². The molecule has 4 rings (SSSR count). The van der Waals surface area contributed by atoms with Gasteiger partial charge in [0, 0.05) is 29.7 Å². The first kappa shape index (κ1) is 18.3. The van der Waals surface area contributed by atoms with Crippen LogP contribution < -0.4 is 4.90 Å². The van der Waals surface area contributed by atoms with Crippen molar-refractivity contribution in [3.8, 4) is 0 Å². The van der Waals surface area contributed by atoms with E-state index >= 15 is 0 Å². The summed E-state index contributed by atoms with van der Waals surface area (Å²) in [4.78, 5) is 18.4. The zero-order valence-electron chi connectivity index (χ0n) is 14.7. The summed E-state index contributed by atoms with van der Waals surface area (Å²) in [6.07, 6.45) is -6.08. The Bertz CT molecular complexity index is 981. The van der Waals surface area contributed by atoms with Gasteiger partial charge in [-0.05, 0) is 30.3 Å². The number of carbonyl (C=O) groups is 1. The van der Waals surface area contributed by atoms with Crippen LogP contribution in [0.1, 0.15) is 16.1 Å². The molecule has 2 aromatic carbocycles. The molecule has 1 aliphatic rings. The molecule has 0 bridgehead atoms. The number of carbonyl (C=O) groups excluding carboxylic acids is 1. The molecule has 0 aliphatic carbocycles. The summed E-state index contributed by atoms with van der Waals surface area (Å²) in [6.45, 7) is 0.101. The van der Waals surface area contributed by atoms with E-state index in [1.165, 1.54) is 21.9 Å². The SMILES string of the molecule is O=C(c1cc2ccccc2[nH]1)N1CCN(c2cccc(C(F)(F)F)c2)C(F)C1. The van der Waals surface area contributed by atoms with Gasteiger partial charge in [0.25, 0.3) is 5.91 Å². The van der Waals surface area contributed by atoms with Gasteiger partial charge in [-0.15, -0.1) is 0 Å². The van der Waals surface area contributed by atoms with Crippen molar-refractivity contribution >= 4 is 22.5 Å². The lowest BCUT2D eigenvalue weighted by Crippen LogP contribution is -2.53. The van der Waals surface area contributed by atoms with E-state index in [0.717, 1.165) is 23.0 Å². The fourth-order valence-corrected chi connectivity index (χ4v) is 3.44. The normalized spacial score (nSPS) is 17.9. The van der Waals surface area contributed by atoms with Gasteiger partial charge >= 0.3 is 6.18 Å². The number of aromatic nitrogens is 1. The van der Waals surface area contributed by atoms with Crippen molar-refractivity contribution in [1.29, 1.82) is 0 Å². The van der Waals surface area contributed by atoms with Crippen molar-refractivity contribution in [3.63, 3.8) is 0 Å². The highest BCUT2D eigenvalue weighted by Gasteiger charge is 2.34. The number of amides is 1. The second-order valence-corrected chi connectivity index (χ2v) is 6.70. The van der Waals surface area contributed by atoms with Crippen LogP contribution in [0.3, 0.4) is 0 Å². The van der Waals surface area contributed by atoms with E-state index < -0.39 is 18.0 Å². The summed E-state index contributed by atoms with van der Waals surface area (Å²) in [5.74, 6) is -0.331. The molecule has 1 amide bonds. The van der Waals surface area contributed by atoms with Crippen molar-refractivity contribution in [2.24, 2.45) is 0 Å². The Kier molecular flexibility index (Phi) is 4.49. The number of anilines is 1. The molecule has 8 heteroatoms. The molecular formula is C20H17F4N3O. The van der Waals surface area contributed by atoms with E-state index in [1.54, 1.807) is 6.07 Å². The van der Waals surface area contributed by atoms with Crippen molar-refractivity contribution in [2.45, 2.75) is 12.5 Å². The van der Waals surface area contributed by atoms with Gasteiger partial charge < -0.3 is 14.8 Å². The number of aromatic amines is 1. The molecular weight excluding hydrogens is 374 g/mol. The van der Waals surface area contributed by atoms with E-state index in [-0.39, 0.29) is 31.2 Å². The molecule has 1 aromatic heterocycles. The van der Waals surface area contributed by atoms with Crippen LogP contribution in [-0.2, 0) is 6.18 Å². The molecule has 4 nitrogen and oxygen atoms in total. The number of para-hydroxylation sites is 1. The number of piperazine rings is 1. The smallest absolute Gasteiger partial charge is 0.351 e. The summed E-state index contributed by atoms with van der Waals surface area (Å²) in [5.41, 5.74) is 0.500. The van der Waals surface area contributed by atoms with Gasteiger partial charge in [-0.3, -0.25) is 4.79 Å². The molecule has 0 saturated carbocycles. The maximum absolute atomic E-state index is 14.7. The molecule has 1 aliphatic heterocycles. The van der Waals surface area contributed by atoms with Gasteiger partial charge in [-0.25, -0.2) is 4.39 Å². The second-order valence-electron chi connectivity index (χ2n) is 6.70. The zero-order valence-corrected chi connectivity index (χ0v) is 14.7. The second kappa shape index (κ2) is 6.85.